The van der Waals surface area contributed by atoms with Crippen LogP contribution in [0.25, 0.3) is 0 Å². The summed E-state index contributed by atoms with van der Waals surface area (Å²) in [6.45, 7) is 0. The Kier molecular flexibility index (Phi) is 5.55. The van der Waals surface area contributed by atoms with Crippen molar-refractivity contribution >= 4 is 8.15 Å². The summed E-state index contributed by atoms with van der Waals surface area (Å²) in [7, 11) is -0.854. The van der Waals surface area contributed by atoms with E-state index in [-0.39, 0.29) is 11.6 Å². The Labute approximate surface area is 141 Å². The van der Waals surface area contributed by atoms with Gasteiger partial charge in [-0.25, -0.2) is 8.78 Å². The molecule has 0 aliphatic carbocycles. The minimum atomic E-state index is -0.854. The van der Waals surface area contributed by atoms with Crippen molar-refractivity contribution in [3.05, 3.63) is 102 Å². The van der Waals surface area contributed by atoms with E-state index in [9.17, 15) is 8.78 Å². The average molecular weight is 342 g/mol. The van der Waals surface area contributed by atoms with Crippen LogP contribution in [0, 0.1) is 11.6 Å². The van der Waals surface area contributed by atoms with Crippen molar-refractivity contribution in [2.24, 2.45) is 0 Å². The maximum absolute atomic E-state index is 13.1. The normalized spacial score (nSPS) is 11.9. The zero-order valence-electron chi connectivity index (χ0n) is 13.0. The van der Waals surface area contributed by atoms with Gasteiger partial charge in [0.05, 0.1) is 8.15 Å². The third kappa shape index (κ3) is 4.87. The second kappa shape index (κ2) is 8.03. The van der Waals surface area contributed by atoms with Gasteiger partial charge in [0.2, 0.25) is 0 Å². The van der Waals surface area contributed by atoms with Crippen LogP contribution in [0.4, 0.5) is 8.78 Å². The van der Waals surface area contributed by atoms with Crippen molar-refractivity contribution in [1.29, 1.82) is 0 Å². The number of hydrogen-bond donors (Lipinski definition) is 0. The Bertz CT molecular complexity index is 710. The maximum Gasteiger partial charge on any atom is 0.123 e. The highest BCUT2D eigenvalue weighted by molar-refractivity contribution is 7.51. The van der Waals surface area contributed by atoms with Crippen molar-refractivity contribution in [3.63, 3.8) is 0 Å². The second-order valence-electron chi connectivity index (χ2n) is 5.46. The third-order valence-electron chi connectivity index (χ3n) is 3.52. The topological polar surface area (TPSA) is 9.23 Å². The summed E-state index contributed by atoms with van der Waals surface area (Å²) in [6, 6.07) is 22.7. The molecule has 4 heteroatoms. The highest BCUT2D eigenvalue weighted by Gasteiger charge is 2.14. The zero-order chi connectivity index (χ0) is 16.8. The van der Waals surface area contributed by atoms with Gasteiger partial charge in [-0.3, -0.25) is 0 Å². The summed E-state index contributed by atoms with van der Waals surface area (Å²) in [4.78, 5) is 0. The van der Waals surface area contributed by atoms with Crippen LogP contribution in [0.3, 0.4) is 0 Å². The highest BCUT2D eigenvalue weighted by atomic mass is 31.1. The molecule has 0 saturated heterocycles. The molecule has 3 aromatic carbocycles. The van der Waals surface area contributed by atoms with Gasteiger partial charge in [0.15, 0.2) is 0 Å². The number of hydrogen-bond acceptors (Lipinski definition) is 1. The van der Waals surface area contributed by atoms with Gasteiger partial charge in [-0.15, -0.1) is 0 Å². The van der Waals surface area contributed by atoms with Gasteiger partial charge < -0.3 is 4.52 Å². The van der Waals surface area contributed by atoms with Crippen molar-refractivity contribution in [3.8, 4) is 5.75 Å². The summed E-state index contributed by atoms with van der Waals surface area (Å²) in [6.07, 6.45) is 1.49. The molecule has 24 heavy (non-hydrogen) atoms. The fourth-order valence-electron chi connectivity index (χ4n) is 2.35. The van der Waals surface area contributed by atoms with Gasteiger partial charge in [0.25, 0.3) is 0 Å². The first-order valence-corrected chi connectivity index (χ1v) is 9.29. The zero-order valence-corrected chi connectivity index (χ0v) is 13.9. The first kappa shape index (κ1) is 16.6. The standard InChI is InChI=1S/C20H17F2OP/c21-18-8-6-17(7-9-18)15-24(14-16-4-2-1-3-5-16)23-20-12-10-19(22)11-13-20/h1-13H,14-15H2. The minimum absolute atomic E-state index is 0.245. The van der Waals surface area contributed by atoms with Crippen molar-refractivity contribution in [2.45, 2.75) is 12.3 Å². The van der Waals surface area contributed by atoms with Crippen LogP contribution < -0.4 is 4.52 Å². The molecule has 0 aliphatic rings. The summed E-state index contributed by atoms with van der Waals surface area (Å²) in [5.74, 6) is 0.124. The van der Waals surface area contributed by atoms with Crippen LogP contribution in [0.15, 0.2) is 78.9 Å². The van der Waals surface area contributed by atoms with Gasteiger partial charge in [-0.1, -0.05) is 42.5 Å². The first-order chi connectivity index (χ1) is 11.7. The molecule has 1 nitrogen and oxygen atoms in total. The molecule has 3 rings (SSSR count). The molecule has 1 unspecified atom stereocenters. The summed E-state index contributed by atoms with van der Waals surface area (Å²) < 4.78 is 32.3. The molecule has 0 aromatic heterocycles. The lowest BCUT2D eigenvalue weighted by molar-refractivity contribution is 0.595. The Morgan fingerprint density at radius 2 is 1.12 bits per heavy atom. The SMILES string of the molecule is Fc1ccc(CP(Cc2ccccc2)Oc2ccc(F)cc2)cc1. The molecule has 0 spiro atoms. The molecule has 0 bridgehead atoms. The fourth-order valence-corrected chi connectivity index (χ4v) is 4.24. The van der Waals surface area contributed by atoms with Crippen LogP contribution in [-0.2, 0) is 12.3 Å². The van der Waals surface area contributed by atoms with Crippen LogP contribution in [0.2, 0.25) is 0 Å². The molecule has 0 fully saturated rings. The molecular weight excluding hydrogens is 325 g/mol. The molecule has 0 radical (unpaired) electrons. The van der Waals surface area contributed by atoms with E-state index in [1.165, 1.54) is 29.8 Å². The van der Waals surface area contributed by atoms with E-state index in [1.807, 2.05) is 18.2 Å². The first-order valence-electron chi connectivity index (χ1n) is 7.66. The van der Waals surface area contributed by atoms with Crippen LogP contribution >= 0.6 is 8.15 Å². The van der Waals surface area contributed by atoms with Crippen molar-refractivity contribution in [2.75, 3.05) is 0 Å². The molecule has 0 N–H and O–H groups in total. The lowest BCUT2D eigenvalue weighted by Gasteiger charge is -2.19. The van der Waals surface area contributed by atoms with Gasteiger partial charge in [0, 0.05) is 12.3 Å². The van der Waals surface area contributed by atoms with E-state index in [1.54, 1.807) is 24.3 Å². The predicted molar refractivity (Wildman–Crippen MR) is 94.2 cm³/mol. The van der Waals surface area contributed by atoms with Crippen molar-refractivity contribution in [1.82, 2.24) is 0 Å². The van der Waals surface area contributed by atoms with Crippen molar-refractivity contribution < 1.29 is 13.3 Å². The Morgan fingerprint density at radius 3 is 1.71 bits per heavy atom. The molecule has 3 aromatic rings. The fraction of sp³-hybridized carbons (Fsp3) is 0.100. The quantitative estimate of drug-likeness (QED) is 0.489. The monoisotopic (exact) mass is 342 g/mol. The summed E-state index contributed by atoms with van der Waals surface area (Å²) >= 11 is 0. The molecular formula is C20H17F2OP. The van der Waals surface area contributed by atoms with E-state index >= 15 is 0 Å². The summed E-state index contributed by atoms with van der Waals surface area (Å²) in [5, 5.41) is 0. The van der Waals surface area contributed by atoms with Gasteiger partial charge in [-0.2, -0.15) is 0 Å². The lowest BCUT2D eigenvalue weighted by atomic mass is 10.2. The van der Waals surface area contributed by atoms with Crippen LogP contribution in [-0.4, -0.2) is 0 Å². The van der Waals surface area contributed by atoms with Gasteiger partial charge >= 0.3 is 0 Å². The van der Waals surface area contributed by atoms with E-state index in [2.05, 4.69) is 12.1 Å². The van der Waals surface area contributed by atoms with E-state index in [0.29, 0.717) is 11.9 Å². The average Bonchev–Trinajstić information content (AvgIpc) is 2.60. The van der Waals surface area contributed by atoms with Gasteiger partial charge in [-0.05, 0) is 47.5 Å². The number of halogens is 2. The number of rotatable bonds is 6. The third-order valence-corrected chi connectivity index (χ3v) is 5.43. The molecule has 1 atom stereocenters. The molecule has 0 heterocycles. The molecule has 0 amide bonds. The number of benzene rings is 3. The largest absolute Gasteiger partial charge is 0.473 e. The molecule has 122 valence electrons. The maximum atomic E-state index is 13.1. The minimum Gasteiger partial charge on any atom is -0.473 e. The van der Waals surface area contributed by atoms with Crippen LogP contribution in [0.1, 0.15) is 11.1 Å². The summed E-state index contributed by atoms with van der Waals surface area (Å²) in [5.41, 5.74) is 2.22. The molecule has 0 aliphatic heterocycles. The highest BCUT2D eigenvalue weighted by Crippen LogP contribution is 2.45. The molecule has 0 saturated carbocycles. The van der Waals surface area contributed by atoms with Crippen LogP contribution in [0.5, 0.6) is 5.75 Å². The predicted octanol–water partition coefficient (Wildman–Crippen LogP) is 6.14. The van der Waals surface area contributed by atoms with E-state index in [0.717, 1.165) is 11.7 Å². The lowest BCUT2D eigenvalue weighted by Crippen LogP contribution is -1.96. The Hall–Kier alpha value is -2.25. The Morgan fingerprint density at radius 1 is 0.625 bits per heavy atom. The van der Waals surface area contributed by atoms with E-state index in [4.69, 9.17) is 4.52 Å². The van der Waals surface area contributed by atoms with Gasteiger partial charge in [0.1, 0.15) is 17.4 Å². The second-order valence-corrected chi connectivity index (χ2v) is 7.23. The smallest absolute Gasteiger partial charge is 0.123 e. The Balaban J connectivity index is 1.76. The van der Waals surface area contributed by atoms with E-state index < -0.39 is 8.15 Å².